The molecule has 1 aromatic carbocycles. The Morgan fingerprint density at radius 2 is 2.22 bits per heavy atom. The second-order valence-electron chi connectivity index (χ2n) is 4.73. The van der Waals surface area contributed by atoms with E-state index < -0.39 is 0 Å². The van der Waals surface area contributed by atoms with Gasteiger partial charge in [-0.05, 0) is 23.8 Å². The van der Waals surface area contributed by atoms with Crippen LogP contribution in [0.5, 0.6) is 5.75 Å². The van der Waals surface area contributed by atoms with E-state index in [2.05, 4.69) is 21.5 Å². The topological polar surface area (TPSA) is 60.2 Å². The van der Waals surface area contributed by atoms with Crippen molar-refractivity contribution in [2.45, 2.75) is 12.3 Å². The third-order valence-corrected chi connectivity index (χ3v) is 3.52. The van der Waals surface area contributed by atoms with Crippen molar-refractivity contribution in [3.63, 3.8) is 0 Å². The van der Waals surface area contributed by atoms with E-state index >= 15 is 0 Å². The second kappa shape index (κ2) is 3.81. The standard InChI is InChI=1S/C13H13N3O2/c1-2-11-8(3-4-17-11)5-9(1)12-15-13(18-16-12)10-6-14-7-10/h1-2,5,10,14H,3-4,6-7H2. The minimum atomic E-state index is 0.379. The third-order valence-electron chi connectivity index (χ3n) is 3.52. The van der Waals surface area contributed by atoms with E-state index in [1.807, 2.05) is 12.1 Å². The molecule has 4 rings (SSSR count). The number of hydrogen-bond acceptors (Lipinski definition) is 5. The van der Waals surface area contributed by atoms with E-state index in [1.165, 1.54) is 5.56 Å². The van der Waals surface area contributed by atoms with Crippen molar-refractivity contribution < 1.29 is 9.26 Å². The molecular formula is C13H13N3O2. The minimum absolute atomic E-state index is 0.379. The predicted molar refractivity (Wildman–Crippen MR) is 64.5 cm³/mol. The Labute approximate surface area is 104 Å². The summed E-state index contributed by atoms with van der Waals surface area (Å²) >= 11 is 0. The lowest BCUT2D eigenvalue weighted by Crippen LogP contribution is -2.40. The lowest BCUT2D eigenvalue weighted by atomic mass is 10.0. The zero-order valence-corrected chi connectivity index (χ0v) is 9.85. The number of rotatable bonds is 2. The molecule has 2 aliphatic heterocycles. The average molecular weight is 243 g/mol. The van der Waals surface area contributed by atoms with Crippen molar-refractivity contribution in [3.05, 3.63) is 29.7 Å². The van der Waals surface area contributed by atoms with Crippen LogP contribution in [0.25, 0.3) is 11.4 Å². The maximum absolute atomic E-state index is 5.49. The number of nitrogens with zero attached hydrogens (tertiary/aromatic N) is 2. The summed E-state index contributed by atoms with van der Waals surface area (Å²) in [6, 6.07) is 6.06. The molecule has 2 aromatic rings. The molecule has 0 bridgehead atoms. The molecule has 5 heteroatoms. The quantitative estimate of drug-likeness (QED) is 0.863. The Hall–Kier alpha value is -1.88. The zero-order chi connectivity index (χ0) is 11.9. The first kappa shape index (κ1) is 10.1. The molecule has 0 aliphatic carbocycles. The van der Waals surface area contributed by atoms with Crippen LogP contribution in [0.4, 0.5) is 0 Å². The summed E-state index contributed by atoms with van der Waals surface area (Å²) in [5, 5.41) is 7.26. The maximum Gasteiger partial charge on any atom is 0.232 e. The van der Waals surface area contributed by atoms with Gasteiger partial charge in [-0.1, -0.05) is 5.16 Å². The summed E-state index contributed by atoms with van der Waals surface area (Å²) < 4.78 is 10.8. The van der Waals surface area contributed by atoms with Crippen LogP contribution in [-0.4, -0.2) is 29.8 Å². The summed E-state index contributed by atoms with van der Waals surface area (Å²) in [6.45, 7) is 2.63. The number of ether oxygens (including phenoxy) is 1. The van der Waals surface area contributed by atoms with Gasteiger partial charge in [-0.25, -0.2) is 0 Å². The molecule has 0 amide bonds. The fourth-order valence-corrected chi connectivity index (χ4v) is 2.31. The fraction of sp³-hybridized carbons (Fsp3) is 0.385. The molecule has 2 aliphatic rings. The van der Waals surface area contributed by atoms with Gasteiger partial charge in [0.1, 0.15) is 5.75 Å². The van der Waals surface area contributed by atoms with E-state index in [0.717, 1.165) is 43.3 Å². The van der Waals surface area contributed by atoms with Crippen LogP contribution in [0, 0.1) is 0 Å². The highest BCUT2D eigenvalue weighted by Crippen LogP contribution is 2.30. The highest BCUT2D eigenvalue weighted by Gasteiger charge is 2.25. The van der Waals surface area contributed by atoms with Gasteiger partial charge in [-0.2, -0.15) is 4.98 Å². The van der Waals surface area contributed by atoms with Crippen LogP contribution in [-0.2, 0) is 6.42 Å². The van der Waals surface area contributed by atoms with Gasteiger partial charge in [0.25, 0.3) is 0 Å². The Kier molecular flexibility index (Phi) is 2.14. The lowest BCUT2D eigenvalue weighted by molar-refractivity contribution is 0.308. The summed E-state index contributed by atoms with van der Waals surface area (Å²) in [7, 11) is 0. The molecule has 5 nitrogen and oxygen atoms in total. The SMILES string of the molecule is c1cc2c(cc1-c1noc(C3CNC3)n1)CCO2. The van der Waals surface area contributed by atoms with Crippen LogP contribution >= 0.6 is 0 Å². The molecular weight excluding hydrogens is 230 g/mol. The monoisotopic (exact) mass is 243 g/mol. The van der Waals surface area contributed by atoms with Crippen molar-refractivity contribution in [2.75, 3.05) is 19.7 Å². The summed E-state index contributed by atoms with van der Waals surface area (Å²) in [5.41, 5.74) is 2.23. The number of aromatic nitrogens is 2. The number of benzene rings is 1. The Morgan fingerprint density at radius 3 is 3.06 bits per heavy atom. The van der Waals surface area contributed by atoms with Crippen LogP contribution in [0.1, 0.15) is 17.4 Å². The molecule has 0 saturated carbocycles. The molecule has 0 unspecified atom stereocenters. The largest absolute Gasteiger partial charge is 0.493 e. The van der Waals surface area contributed by atoms with Crippen LogP contribution < -0.4 is 10.1 Å². The van der Waals surface area contributed by atoms with Gasteiger partial charge in [0.2, 0.25) is 11.7 Å². The van der Waals surface area contributed by atoms with Crippen LogP contribution in [0.15, 0.2) is 22.7 Å². The highest BCUT2D eigenvalue weighted by atomic mass is 16.5. The number of fused-ring (bicyclic) bond motifs is 1. The number of hydrogen-bond donors (Lipinski definition) is 1. The van der Waals surface area contributed by atoms with Gasteiger partial charge in [0, 0.05) is 25.1 Å². The molecule has 0 spiro atoms. The Bertz CT molecular complexity index is 590. The Morgan fingerprint density at radius 1 is 1.28 bits per heavy atom. The van der Waals surface area contributed by atoms with Gasteiger partial charge in [-0.15, -0.1) is 0 Å². The van der Waals surface area contributed by atoms with E-state index in [0.29, 0.717) is 11.7 Å². The van der Waals surface area contributed by atoms with Gasteiger partial charge in [0.15, 0.2) is 0 Å². The fourth-order valence-electron chi connectivity index (χ4n) is 2.31. The van der Waals surface area contributed by atoms with E-state index in [4.69, 9.17) is 9.26 Å². The molecule has 3 heterocycles. The van der Waals surface area contributed by atoms with Crippen molar-refractivity contribution in [2.24, 2.45) is 0 Å². The molecule has 1 fully saturated rings. The van der Waals surface area contributed by atoms with Crippen LogP contribution in [0.3, 0.4) is 0 Å². The highest BCUT2D eigenvalue weighted by molar-refractivity contribution is 5.59. The first-order valence-electron chi connectivity index (χ1n) is 6.20. The lowest BCUT2D eigenvalue weighted by Gasteiger charge is -2.22. The third kappa shape index (κ3) is 1.51. The summed E-state index contributed by atoms with van der Waals surface area (Å²) in [4.78, 5) is 4.47. The van der Waals surface area contributed by atoms with E-state index in [-0.39, 0.29) is 0 Å². The molecule has 1 aromatic heterocycles. The average Bonchev–Trinajstić information content (AvgIpc) is 2.93. The molecule has 18 heavy (non-hydrogen) atoms. The summed E-state index contributed by atoms with van der Waals surface area (Å²) in [5.74, 6) is 2.77. The molecule has 1 saturated heterocycles. The van der Waals surface area contributed by atoms with Gasteiger partial charge >= 0.3 is 0 Å². The van der Waals surface area contributed by atoms with Crippen molar-refractivity contribution in [3.8, 4) is 17.1 Å². The maximum atomic E-state index is 5.49. The molecule has 1 N–H and O–H groups in total. The zero-order valence-electron chi connectivity index (χ0n) is 9.85. The molecule has 92 valence electrons. The van der Waals surface area contributed by atoms with Crippen molar-refractivity contribution in [1.29, 1.82) is 0 Å². The first-order valence-corrected chi connectivity index (χ1v) is 6.20. The molecule has 0 atom stereocenters. The molecule has 0 radical (unpaired) electrons. The van der Waals surface area contributed by atoms with Crippen LogP contribution in [0.2, 0.25) is 0 Å². The smallest absolute Gasteiger partial charge is 0.232 e. The van der Waals surface area contributed by atoms with Gasteiger partial charge in [0.05, 0.1) is 12.5 Å². The normalized spacial score (nSPS) is 18.2. The van der Waals surface area contributed by atoms with Gasteiger partial charge < -0.3 is 14.6 Å². The van der Waals surface area contributed by atoms with Gasteiger partial charge in [-0.3, -0.25) is 0 Å². The first-order chi connectivity index (χ1) is 8.90. The van der Waals surface area contributed by atoms with Crippen molar-refractivity contribution >= 4 is 0 Å². The Balaban J connectivity index is 1.67. The predicted octanol–water partition coefficient (Wildman–Crippen LogP) is 1.36. The van der Waals surface area contributed by atoms with E-state index in [1.54, 1.807) is 0 Å². The van der Waals surface area contributed by atoms with Crippen molar-refractivity contribution in [1.82, 2.24) is 15.5 Å². The minimum Gasteiger partial charge on any atom is -0.493 e. The second-order valence-corrected chi connectivity index (χ2v) is 4.73. The van der Waals surface area contributed by atoms with E-state index in [9.17, 15) is 0 Å². The summed E-state index contributed by atoms with van der Waals surface area (Å²) in [6.07, 6.45) is 0.959. The number of nitrogens with one attached hydrogen (secondary N) is 1.